The molecule has 0 saturated carbocycles. The van der Waals surface area contributed by atoms with Gasteiger partial charge in [0.1, 0.15) is 11.5 Å². The van der Waals surface area contributed by atoms with Crippen LogP contribution in [0, 0.1) is 0 Å². The first-order valence-electron chi connectivity index (χ1n) is 8.26. The quantitative estimate of drug-likeness (QED) is 0.811. The van der Waals surface area contributed by atoms with E-state index in [0.717, 1.165) is 6.42 Å². The van der Waals surface area contributed by atoms with Gasteiger partial charge in [0.05, 0.1) is 20.8 Å². The number of rotatable bonds is 5. The fourth-order valence-electron chi connectivity index (χ4n) is 2.94. The van der Waals surface area contributed by atoms with Crippen molar-refractivity contribution < 1.29 is 14.3 Å². The van der Waals surface area contributed by atoms with Gasteiger partial charge in [-0.05, 0) is 18.6 Å². The molecule has 1 aromatic heterocycles. The lowest BCUT2D eigenvalue weighted by Gasteiger charge is -2.27. The van der Waals surface area contributed by atoms with Crippen LogP contribution in [0.1, 0.15) is 29.5 Å². The smallest absolute Gasteiger partial charge is 0.346 e. The Hall–Kier alpha value is -2.77. The fraction of sp³-hybridized carbons (Fsp3) is 0.471. The second-order valence-electron chi connectivity index (χ2n) is 5.90. The number of ether oxygens (including phenoxy) is 2. The second kappa shape index (κ2) is 7.00. The van der Waals surface area contributed by atoms with E-state index in [-0.39, 0.29) is 11.6 Å². The molecule has 1 aliphatic rings. The highest BCUT2D eigenvalue weighted by molar-refractivity contribution is 5.95. The summed E-state index contributed by atoms with van der Waals surface area (Å²) in [6.45, 7) is 3.80. The highest BCUT2D eigenvalue weighted by atomic mass is 16.5. The highest BCUT2D eigenvalue weighted by Crippen LogP contribution is 2.24. The Morgan fingerprint density at radius 1 is 1.16 bits per heavy atom. The molecule has 2 aromatic rings. The molecule has 3 rings (SSSR count). The SMILES string of the molecule is CCCn1nc2n(c1=O)CCN(C(=O)c1cc(OC)cc(OC)c1)C2. The minimum absolute atomic E-state index is 0.105. The van der Waals surface area contributed by atoms with Gasteiger partial charge in [-0.15, -0.1) is 0 Å². The number of aromatic nitrogens is 3. The van der Waals surface area contributed by atoms with E-state index < -0.39 is 0 Å². The predicted molar refractivity (Wildman–Crippen MR) is 91.1 cm³/mol. The van der Waals surface area contributed by atoms with E-state index in [9.17, 15) is 9.59 Å². The zero-order chi connectivity index (χ0) is 18.0. The van der Waals surface area contributed by atoms with Crippen LogP contribution in [0.5, 0.6) is 11.5 Å². The molecule has 134 valence electrons. The number of benzene rings is 1. The van der Waals surface area contributed by atoms with Gasteiger partial charge < -0.3 is 14.4 Å². The second-order valence-corrected chi connectivity index (χ2v) is 5.90. The predicted octanol–water partition coefficient (Wildman–Crippen LogP) is 1.13. The largest absolute Gasteiger partial charge is 0.497 e. The summed E-state index contributed by atoms with van der Waals surface area (Å²) in [5.74, 6) is 1.60. The van der Waals surface area contributed by atoms with Gasteiger partial charge in [-0.25, -0.2) is 9.48 Å². The number of carbonyl (C=O) groups is 1. The van der Waals surface area contributed by atoms with E-state index >= 15 is 0 Å². The molecule has 0 saturated heterocycles. The summed E-state index contributed by atoms with van der Waals surface area (Å²) < 4.78 is 13.6. The normalized spacial score (nSPS) is 13.5. The van der Waals surface area contributed by atoms with Gasteiger partial charge in [-0.3, -0.25) is 9.36 Å². The van der Waals surface area contributed by atoms with Crippen molar-refractivity contribution in [1.29, 1.82) is 0 Å². The zero-order valence-corrected chi connectivity index (χ0v) is 14.7. The average Bonchev–Trinajstić information content (AvgIpc) is 2.96. The standard InChI is InChI=1S/C17H22N4O4/c1-4-5-21-17(23)20-7-6-19(11-15(20)18-21)16(22)12-8-13(24-2)10-14(9-12)25-3/h8-10H,4-7,11H2,1-3H3. The zero-order valence-electron chi connectivity index (χ0n) is 14.7. The number of hydrogen-bond donors (Lipinski definition) is 0. The van der Waals surface area contributed by atoms with Gasteiger partial charge in [-0.1, -0.05) is 6.92 Å². The van der Waals surface area contributed by atoms with Gasteiger partial charge in [0.15, 0.2) is 5.82 Å². The molecule has 1 aromatic carbocycles. The van der Waals surface area contributed by atoms with Crippen molar-refractivity contribution in [3.05, 3.63) is 40.1 Å². The Morgan fingerprint density at radius 2 is 1.84 bits per heavy atom. The molecular formula is C17H22N4O4. The van der Waals surface area contributed by atoms with Crippen molar-refractivity contribution in [2.45, 2.75) is 33.0 Å². The number of aryl methyl sites for hydroxylation is 1. The third-order valence-electron chi connectivity index (χ3n) is 4.25. The molecular weight excluding hydrogens is 324 g/mol. The Bertz CT molecular complexity index is 817. The minimum Gasteiger partial charge on any atom is -0.497 e. The Morgan fingerprint density at radius 3 is 2.44 bits per heavy atom. The van der Waals surface area contributed by atoms with Gasteiger partial charge in [0.25, 0.3) is 5.91 Å². The first-order valence-corrected chi connectivity index (χ1v) is 8.26. The van der Waals surface area contributed by atoms with Crippen LogP contribution < -0.4 is 15.2 Å². The number of hydrogen-bond acceptors (Lipinski definition) is 5. The summed E-state index contributed by atoms with van der Waals surface area (Å²) >= 11 is 0. The molecule has 1 amide bonds. The van der Waals surface area contributed by atoms with Crippen LogP contribution in [-0.2, 0) is 19.6 Å². The lowest BCUT2D eigenvalue weighted by molar-refractivity contribution is 0.0705. The molecule has 25 heavy (non-hydrogen) atoms. The molecule has 0 bridgehead atoms. The van der Waals surface area contributed by atoms with Gasteiger partial charge in [0.2, 0.25) is 0 Å². The van der Waals surface area contributed by atoms with Crippen molar-refractivity contribution in [2.24, 2.45) is 0 Å². The topological polar surface area (TPSA) is 78.6 Å². The first kappa shape index (κ1) is 17.1. The van der Waals surface area contributed by atoms with Crippen molar-refractivity contribution in [1.82, 2.24) is 19.2 Å². The number of methoxy groups -OCH3 is 2. The van der Waals surface area contributed by atoms with Crippen molar-refractivity contribution in [2.75, 3.05) is 20.8 Å². The Balaban J connectivity index is 1.85. The number of carbonyl (C=O) groups excluding carboxylic acids is 1. The van der Waals surface area contributed by atoms with Crippen molar-refractivity contribution in [3.63, 3.8) is 0 Å². The van der Waals surface area contributed by atoms with Crippen LogP contribution in [0.2, 0.25) is 0 Å². The molecule has 8 nitrogen and oxygen atoms in total. The van der Waals surface area contributed by atoms with Crippen LogP contribution in [-0.4, -0.2) is 45.9 Å². The number of fused-ring (bicyclic) bond motifs is 1. The molecule has 0 N–H and O–H groups in total. The van der Waals surface area contributed by atoms with E-state index in [1.165, 1.54) is 4.68 Å². The van der Waals surface area contributed by atoms with Crippen LogP contribution >= 0.6 is 0 Å². The van der Waals surface area contributed by atoms with Crippen LogP contribution in [0.25, 0.3) is 0 Å². The summed E-state index contributed by atoms with van der Waals surface area (Å²) in [5, 5.41) is 4.36. The molecule has 2 heterocycles. The monoisotopic (exact) mass is 346 g/mol. The first-order chi connectivity index (χ1) is 12.1. The molecule has 0 aliphatic carbocycles. The maximum Gasteiger partial charge on any atom is 0.346 e. The molecule has 1 aliphatic heterocycles. The molecule has 0 unspecified atom stereocenters. The molecule has 0 radical (unpaired) electrons. The van der Waals surface area contributed by atoms with E-state index in [4.69, 9.17) is 9.47 Å². The number of nitrogens with zero attached hydrogens (tertiary/aromatic N) is 4. The minimum atomic E-state index is -0.138. The summed E-state index contributed by atoms with van der Waals surface area (Å²) in [4.78, 5) is 26.8. The van der Waals surface area contributed by atoms with E-state index in [1.807, 2.05) is 6.92 Å². The van der Waals surface area contributed by atoms with E-state index in [0.29, 0.717) is 49.1 Å². The molecule has 0 spiro atoms. The average molecular weight is 346 g/mol. The Kier molecular flexibility index (Phi) is 4.78. The third-order valence-corrected chi connectivity index (χ3v) is 4.25. The summed E-state index contributed by atoms with van der Waals surface area (Å²) in [5.41, 5.74) is 0.381. The summed E-state index contributed by atoms with van der Waals surface area (Å²) in [6, 6.07) is 5.08. The maximum atomic E-state index is 12.9. The maximum absolute atomic E-state index is 12.9. The molecule has 0 fully saturated rings. The van der Waals surface area contributed by atoms with E-state index in [2.05, 4.69) is 5.10 Å². The lowest BCUT2D eigenvalue weighted by Crippen LogP contribution is -2.41. The lowest BCUT2D eigenvalue weighted by atomic mass is 10.1. The fourth-order valence-corrected chi connectivity index (χ4v) is 2.94. The molecule has 0 atom stereocenters. The van der Waals surface area contributed by atoms with Crippen LogP contribution in [0.15, 0.2) is 23.0 Å². The highest BCUT2D eigenvalue weighted by Gasteiger charge is 2.26. The summed E-state index contributed by atoms with van der Waals surface area (Å²) in [6.07, 6.45) is 0.836. The van der Waals surface area contributed by atoms with E-state index in [1.54, 1.807) is 41.9 Å². The Labute approximate surface area is 145 Å². The van der Waals surface area contributed by atoms with Gasteiger partial charge in [-0.2, -0.15) is 5.10 Å². The third kappa shape index (κ3) is 3.24. The van der Waals surface area contributed by atoms with Crippen LogP contribution in [0.3, 0.4) is 0 Å². The number of amides is 1. The van der Waals surface area contributed by atoms with Crippen LogP contribution in [0.4, 0.5) is 0 Å². The van der Waals surface area contributed by atoms with Crippen molar-refractivity contribution in [3.8, 4) is 11.5 Å². The molecule has 8 heteroatoms. The summed E-state index contributed by atoms with van der Waals surface area (Å²) in [7, 11) is 3.09. The van der Waals surface area contributed by atoms with Crippen molar-refractivity contribution >= 4 is 5.91 Å². The van der Waals surface area contributed by atoms with Gasteiger partial charge >= 0.3 is 5.69 Å². The van der Waals surface area contributed by atoms with Gasteiger partial charge in [0, 0.05) is 31.3 Å².